The fourth-order valence-corrected chi connectivity index (χ4v) is 4.16. The zero-order chi connectivity index (χ0) is 27.5. The van der Waals surface area contributed by atoms with Gasteiger partial charge in [0.2, 0.25) is 5.91 Å². The van der Waals surface area contributed by atoms with Crippen LogP contribution in [0.25, 0.3) is 0 Å². The summed E-state index contributed by atoms with van der Waals surface area (Å²) in [6, 6.07) is 14.7. The third-order valence-corrected chi connectivity index (χ3v) is 6.30. The number of ether oxygens (including phenoxy) is 3. The van der Waals surface area contributed by atoms with Gasteiger partial charge < -0.3 is 19.5 Å². The van der Waals surface area contributed by atoms with E-state index in [9.17, 15) is 14.4 Å². The molecule has 2 aromatic carbocycles. The molecular weight excluding hydrogens is 490 g/mol. The van der Waals surface area contributed by atoms with E-state index in [1.54, 1.807) is 26.3 Å². The lowest BCUT2D eigenvalue weighted by atomic mass is 10.1. The number of thioether (sulfide) groups is 1. The molecule has 0 spiro atoms. The van der Waals surface area contributed by atoms with Crippen LogP contribution in [0.1, 0.15) is 70.1 Å². The molecule has 0 radical (unpaired) electrons. The number of esters is 1. The fraction of sp³-hybridized carbons (Fsp3) is 0.483. The van der Waals surface area contributed by atoms with Crippen molar-refractivity contribution in [2.45, 2.75) is 70.7 Å². The molecule has 0 bridgehead atoms. The molecule has 0 aliphatic rings. The molecule has 0 aliphatic heterocycles. The van der Waals surface area contributed by atoms with Gasteiger partial charge in [-0.2, -0.15) is 0 Å². The van der Waals surface area contributed by atoms with Crippen LogP contribution in [0, 0.1) is 0 Å². The number of amides is 1. The van der Waals surface area contributed by atoms with Gasteiger partial charge in [0.25, 0.3) is 0 Å². The normalized spacial score (nSPS) is 11.8. The number of nitrogens with one attached hydrogen (secondary N) is 1. The molecule has 37 heavy (non-hydrogen) atoms. The van der Waals surface area contributed by atoms with Crippen molar-refractivity contribution < 1.29 is 28.6 Å². The first kappa shape index (κ1) is 32.0. The maximum absolute atomic E-state index is 12.5. The lowest BCUT2D eigenvalue weighted by Gasteiger charge is -2.20. The maximum atomic E-state index is 12.5. The topological polar surface area (TPSA) is 90.9 Å². The average molecular weight is 532 g/mol. The maximum Gasteiger partial charge on any atom is 0.306 e. The molecule has 7 nitrogen and oxygen atoms in total. The van der Waals surface area contributed by atoms with Gasteiger partial charge in [-0.3, -0.25) is 14.4 Å². The number of hydrogen-bond acceptors (Lipinski definition) is 7. The van der Waals surface area contributed by atoms with Crippen LogP contribution in [-0.4, -0.2) is 43.5 Å². The molecule has 2 atom stereocenters. The second-order valence-corrected chi connectivity index (χ2v) is 9.09. The monoisotopic (exact) mass is 531 g/mol. The lowest BCUT2D eigenvalue weighted by molar-refractivity contribution is -0.151. The van der Waals surface area contributed by atoms with Gasteiger partial charge in [0, 0.05) is 13.5 Å². The SMILES string of the molecule is CC.CCCCCCC(=O)OC(COc1ccc(CC(SC=O)C(=O)NC)cc1)c1cccc(OC)c1. The highest BCUT2D eigenvalue weighted by atomic mass is 32.2. The Morgan fingerprint density at radius 2 is 1.76 bits per heavy atom. The quantitative estimate of drug-likeness (QED) is 0.163. The molecule has 0 saturated heterocycles. The van der Waals surface area contributed by atoms with Gasteiger partial charge in [-0.15, -0.1) is 0 Å². The van der Waals surface area contributed by atoms with Gasteiger partial charge in [-0.1, -0.05) is 76.1 Å². The lowest BCUT2D eigenvalue weighted by Crippen LogP contribution is -2.31. The van der Waals surface area contributed by atoms with Gasteiger partial charge in [-0.25, -0.2) is 0 Å². The van der Waals surface area contributed by atoms with Crippen LogP contribution in [-0.2, 0) is 25.5 Å². The highest BCUT2D eigenvalue weighted by Crippen LogP contribution is 2.25. The van der Waals surface area contributed by atoms with E-state index in [1.165, 1.54) is 0 Å². The highest BCUT2D eigenvalue weighted by Gasteiger charge is 2.20. The van der Waals surface area contributed by atoms with Gasteiger partial charge in [0.15, 0.2) is 11.7 Å². The highest BCUT2D eigenvalue weighted by molar-refractivity contribution is 8.13. The first-order valence-corrected chi connectivity index (χ1v) is 13.8. The smallest absolute Gasteiger partial charge is 0.306 e. The summed E-state index contributed by atoms with van der Waals surface area (Å²) < 4.78 is 17.1. The van der Waals surface area contributed by atoms with Crippen LogP contribution in [0.2, 0.25) is 0 Å². The van der Waals surface area contributed by atoms with E-state index in [2.05, 4.69) is 12.2 Å². The number of carbonyl (C=O) groups is 3. The van der Waals surface area contributed by atoms with Crippen molar-refractivity contribution in [2.24, 2.45) is 0 Å². The van der Waals surface area contributed by atoms with Crippen molar-refractivity contribution in [3.8, 4) is 11.5 Å². The van der Waals surface area contributed by atoms with Gasteiger partial charge in [0.05, 0.1) is 12.4 Å². The third-order valence-electron chi connectivity index (χ3n) is 5.48. The fourth-order valence-electron chi connectivity index (χ4n) is 3.49. The Bertz CT molecular complexity index is 934. The van der Waals surface area contributed by atoms with Crippen molar-refractivity contribution >= 4 is 29.3 Å². The Labute approximate surface area is 225 Å². The molecule has 0 heterocycles. The summed E-state index contributed by atoms with van der Waals surface area (Å²) in [7, 11) is 3.14. The predicted octanol–water partition coefficient (Wildman–Crippen LogP) is 5.94. The van der Waals surface area contributed by atoms with Crippen LogP contribution in [0.15, 0.2) is 48.5 Å². The molecule has 1 N–H and O–H groups in total. The van der Waals surface area contributed by atoms with Gasteiger partial charge in [-0.05, 0) is 48.2 Å². The first-order chi connectivity index (χ1) is 18.0. The summed E-state index contributed by atoms with van der Waals surface area (Å²) >= 11 is 0.954. The molecule has 8 heteroatoms. The zero-order valence-corrected chi connectivity index (χ0v) is 23.5. The van der Waals surface area contributed by atoms with E-state index in [-0.39, 0.29) is 18.5 Å². The summed E-state index contributed by atoms with van der Waals surface area (Å²) in [5.41, 5.74) is 2.38. The van der Waals surface area contributed by atoms with Crippen LogP contribution < -0.4 is 14.8 Å². The summed E-state index contributed by atoms with van der Waals surface area (Å²) in [4.78, 5) is 35.3. The largest absolute Gasteiger partial charge is 0.497 e. The molecule has 0 aliphatic carbocycles. The van der Waals surface area contributed by atoms with E-state index in [1.807, 2.05) is 50.2 Å². The Kier molecular flexibility index (Phi) is 16.6. The minimum absolute atomic E-state index is 0.148. The zero-order valence-electron chi connectivity index (χ0n) is 22.7. The summed E-state index contributed by atoms with van der Waals surface area (Å²) in [5.74, 6) is 0.843. The summed E-state index contributed by atoms with van der Waals surface area (Å²) in [6.07, 6.45) is 4.24. The average Bonchev–Trinajstić information content (AvgIpc) is 2.94. The van der Waals surface area contributed by atoms with Crippen molar-refractivity contribution in [3.05, 3.63) is 59.7 Å². The van der Waals surface area contributed by atoms with Crippen LogP contribution >= 0.6 is 11.8 Å². The van der Waals surface area contributed by atoms with Crippen molar-refractivity contribution in [2.75, 3.05) is 20.8 Å². The van der Waals surface area contributed by atoms with Crippen molar-refractivity contribution in [3.63, 3.8) is 0 Å². The van der Waals surface area contributed by atoms with Crippen LogP contribution in [0.4, 0.5) is 0 Å². The number of hydrogen-bond donors (Lipinski definition) is 1. The second kappa shape index (κ2) is 19.2. The number of carbonyl (C=O) groups excluding carboxylic acids is 3. The van der Waals surface area contributed by atoms with Crippen LogP contribution in [0.5, 0.6) is 11.5 Å². The molecule has 204 valence electrons. The van der Waals surface area contributed by atoms with Gasteiger partial charge in [0.1, 0.15) is 18.1 Å². The predicted molar refractivity (Wildman–Crippen MR) is 150 cm³/mol. The molecule has 2 aromatic rings. The van der Waals surface area contributed by atoms with E-state index in [0.717, 1.165) is 48.6 Å². The minimum atomic E-state index is -0.579. The van der Waals surface area contributed by atoms with E-state index in [4.69, 9.17) is 14.2 Å². The second-order valence-electron chi connectivity index (χ2n) is 8.06. The molecule has 1 amide bonds. The molecule has 2 rings (SSSR count). The summed E-state index contributed by atoms with van der Waals surface area (Å²) in [6.45, 7) is 6.28. The van der Waals surface area contributed by atoms with Crippen molar-refractivity contribution in [1.29, 1.82) is 0 Å². The van der Waals surface area contributed by atoms with Crippen molar-refractivity contribution in [1.82, 2.24) is 5.32 Å². The minimum Gasteiger partial charge on any atom is -0.497 e. The Morgan fingerprint density at radius 3 is 2.38 bits per heavy atom. The van der Waals surface area contributed by atoms with Crippen LogP contribution in [0.3, 0.4) is 0 Å². The number of rotatable bonds is 16. The molecular formula is C29H41NO6S. The number of methoxy groups -OCH3 is 1. The van der Waals surface area contributed by atoms with Gasteiger partial charge >= 0.3 is 5.97 Å². The molecule has 0 aromatic heterocycles. The Morgan fingerprint density at radius 1 is 1.03 bits per heavy atom. The molecule has 2 unspecified atom stereocenters. The molecule has 0 fully saturated rings. The Hall–Kier alpha value is -3.00. The standard InChI is InChI=1S/C27H35NO6S.C2H6/c1-4-5-6-7-11-26(30)34-24(21-9-8-10-23(17-21)32-3)18-33-22-14-12-20(13-15-22)16-25(35-19-29)27(31)28-2;1-2/h8-10,12-15,17,19,24-25H,4-7,11,16,18H2,1-3H3,(H,28,31);1-2H3. The molecule has 0 saturated carbocycles. The summed E-state index contributed by atoms with van der Waals surface area (Å²) in [5, 5.41) is 2.09. The van der Waals surface area contributed by atoms with E-state index >= 15 is 0 Å². The first-order valence-electron chi connectivity index (χ1n) is 12.9. The third kappa shape index (κ3) is 12.2. The van der Waals surface area contributed by atoms with E-state index in [0.29, 0.717) is 30.0 Å². The number of benzene rings is 2. The Balaban J connectivity index is 0.00000334. The van der Waals surface area contributed by atoms with E-state index < -0.39 is 11.4 Å². The number of unbranched alkanes of at least 4 members (excludes halogenated alkanes) is 3.